The number of hydrogen-bond donors (Lipinski definition) is 1. The van der Waals surface area contributed by atoms with Crippen LogP contribution in [0.4, 0.5) is 5.95 Å². The Kier molecular flexibility index (Phi) is 2.82. The molecule has 2 aromatic rings. The minimum absolute atomic E-state index is 0.548. The van der Waals surface area contributed by atoms with E-state index in [0.717, 1.165) is 30.4 Å². The quantitative estimate of drug-likeness (QED) is 0.869. The summed E-state index contributed by atoms with van der Waals surface area (Å²) in [7, 11) is 0. The van der Waals surface area contributed by atoms with E-state index in [4.69, 9.17) is 17.3 Å². The molecule has 1 heterocycles. The number of para-hydroxylation sites is 1. The number of imidazole rings is 1. The fourth-order valence-corrected chi connectivity index (χ4v) is 1.97. The molecule has 0 unspecified atom stereocenters. The van der Waals surface area contributed by atoms with Crippen molar-refractivity contribution in [3.8, 4) is 0 Å². The number of hydrogen-bond acceptors (Lipinski definition) is 2. The average molecular weight is 224 g/mol. The molecule has 0 amide bonds. The van der Waals surface area contributed by atoms with Gasteiger partial charge in [0.15, 0.2) is 0 Å². The summed E-state index contributed by atoms with van der Waals surface area (Å²) in [6, 6.07) is 5.69. The third-order valence-electron chi connectivity index (χ3n) is 2.48. The first-order chi connectivity index (χ1) is 7.24. The maximum absolute atomic E-state index is 6.14. The number of nitrogens with zero attached hydrogens (tertiary/aromatic N) is 2. The van der Waals surface area contributed by atoms with Gasteiger partial charge in [0.2, 0.25) is 5.95 Å². The maximum Gasteiger partial charge on any atom is 0.201 e. The first kappa shape index (κ1) is 10.3. The third-order valence-corrected chi connectivity index (χ3v) is 2.79. The van der Waals surface area contributed by atoms with Crippen LogP contribution in [-0.2, 0) is 6.54 Å². The van der Waals surface area contributed by atoms with Gasteiger partial charge in [-0.05, 0) is 18.6 Å². The number of nitrogens with two attached hydrogens (primary N) is 1. The van der Waals surface area contributed by atoms with Crippen molar-refractivity contribution in [1.29, 1.82) is 0 Å². The zero-order valence-corrected chi connectivity index (χ0v) is 9.46. The molecule has 0 saturated carbocycles. The zero-order chi connectivity index (χ0) is 10.8. The molecule has 3 nitrogen and oxygen atoms in total. The molecule has 1 aromatic heterocycles. The molecule has 2 rings (SSSR count). The van der Waals surface area contributed by atoms with Crippen LogP contribution in [0.2, 0.25) is 5.02 Å². The van der Waals surface area contributed by atoms with Crippen LogP contribution in [0.1, 0.15) is 19.8 Å². The second-order valence-corrected chi connectivity index (χ2v) is 3.99. The standard InChI is InChI=1S/C11H14ClN3/c1-2-3-7-15-10-8(12)5-4-6-9(10)14-11(15)13/h4-6H,2-3,7H2,1H3,(H2,13,14). The average Bonchev–Trinajstić information content (AvgIpc) is 2.53. The molecule has 80 valence electrons. The zero-order valence-electron chi connectivity index (χ0n) is 8.70. The van der Waals surface area contributed by atoms with Crippen molar-refractivity contribution in [2.75, 3.05) is 5.73 Å². The van der Waals surface area contributed by atoms with Crippen molar-refractivity contribution >= 4 is 28.6 Å². The molecule has 0 radical (unpaired) electrons. The Labute approximate surface area is 93.9 Å². The molecule has 2 N–H and O–H groups in total. The van der Waals surface area contributed by atoms with Crippen molar-refractivity contribution < 1.29 is 0 Å². The molecule has 0 fully saturated rings. The summed E-state index contributed by atoms with van der Waals surface area (Å²) in [5, 5.41) is 0.716. The predicted octanol–water partition coefficient (Wildman–Crippen LogP) is 3.07. The molecular weight excluding hydrogens is 210 g/mol. The smallest absolute Gasteiger partial charge is 0.201 e. The molecule has 0 atom stereocenters. The van der Waals surface area contributed by atoms with E-state index in [2.05, 4.69) is 11.9 Å². The summed E-state index contributed by atoms with van der Waals surface area (Å²) < 4.78 is 1.99. The van der Waals surface area contributed by atoms with E-state index in [0.29, 0.717) is 11.0 Å². The third kappa shape index (κ3) is 1.79. The number of nitrogen functional groups attached to an aromatic ring is 1. The minimum Gasteiger partial charge on any atom is -0.369 e. The van der Waals surface area contributed by atoms with E-state index in [9.17, 15) is 0 Å². The summed E-state index contributed by atoms with van der Waals surface area (Å²) in [4.78, 5) is 4.28. The fourth-order valence-electron chi connectivity index (χ4n) is 1.70. The number of benzene rings is 1. The van der Waals surface area contributed by atoms with Gasteiger partial charge in [0, 0.05) is 6.54 Å². The van der Waals surface area contributed by atoms with Gasteiger partial charge >= 0.3 is 0 Å². The lowest BCUT2D eigenvalue weighted by Gasteiger charge is -2.05. The van der Waals surface area contributed by atoms with Gasteiger partial charge in [0.25, 0.3) is 0 Å². The van der Waals surface area contributed by atoms with Gasteiger partial charge in [-0.15, -0.1) is 0 Å². The number of anilines is 1. The Morgan fingerprint density at radius 2 is 2.27 bits per heavy atom. The van der Waals surface area contributed by atoms with Crippen LogP contribution in [0.25, 0.3) is 11.0 Å². The molecule has 4 heteroatoms. The highest BCUT2D eigenvalue weighted by atomic mass is 35.5. The highest BCUT2D eigenvalue weighted by Crippen LogP contribution is 2.25. The Morgan fingerprint density at radius 3 is 3.00 bits per heavy atom. The number of aromatic nitrogens is 2. The van der Waals surface area contributed by atoms with Crippen LogP contribution in [0.15, 0.2) is 18.2 Å². The summed E-state index contributed by atoms with van der Waals surface area (Å²) >= 11 is 6.14. The van der Waals surface area contributed by atoms with Crippen molar-refractivity contribution in [3.63, 3.8) is 0 Å². The predicted molar refractivity (Wildman–Crippen MR) is 64.1 cm³/mol. The number of fused-ring (bicyclic) bond motifs is 1. The van der Waals surface area contributed by atoms with Crippen molar-refractivity contribution in [1.82, 2.24) is 9.55 Å². The molecule has 0 saturated heterocycles. The monoisotopic (exact) mass is 223 g/mol. The number of aryl methyl sites for hydroxylation is 1. The Bertz CT molecular complexity index is 476. The molecule has 0 aliphatic heterocycles. The topological polar surface area (TPSA) is 43.8 Å². The van der Waals surface area contributed by atoms with Gasteiger partial charge in [-0.2, -0.15) is 0 Å². The van der Waals surface area contributed by atoms with Crippen molar-refractivity contribution in [2.24, 2.45) is 0 Å². The lowest BCUT2D eigenvalue weighted by Crippen LogP contribution is -2.03. The number of halogens is 1. The van der Waals surface area contributed by atoms with Gasteiger partial charge in [0.1, 0.15) is 0 Å². The highest BCUT2D eigenvalue weighted by Gasteiger charge is 2.09. The molecule has 0 aliphatic carbocycles. The summed E-state index contributed by atoms with van der Waals surface area (Å²) in [5.41, 5.74) is 7.68. The van der Waals surface area contributed by atoms with Gasteiger partial charge in [-0.1, -0.05) is 31.0 Å². The van der Waals surface area contributed by atoms with Crippen LogP contribution in [0.5, 0.6) is 0 Å². The molecule has 15 heavy (non-hydrogen) atoms. The highest BCUT2D eigenvalue weighted by molar-refractivity contribution is 6.35. The molecule has 0 aliphatic rings. The van der Waals surface area contributed by atoms with Gasteiger partial charge in [0.05, 0.1) is 16.1 Å². The van der Waals surface area contributed by atoms with E-state index in [-0.39, 0.29) is 0 Å². The van der Waals surface area contributed by atoms with E-state index in [1.54, 1.807) is 0 Å². The van der Waals surface area contributed by atoms with Gasteiger partial charge < -0.3 is 10.3 Å². The lowest BCUT2D eigenvalue weighted by molar-refractivity contribution is 0.653. The molecule has 0 spiro atoms. The molecular formula is C11H14ClN3. The van der Waals surface area contributed by atoms with E-state index in [1.807, 2.05) is 22.8 Å². The second-order valence-electron chi connectivity index (χ2n) is 3.58. The summed E-state index contributed by atoms with van der Waals surface area (Å²) in [6.45, 7) is 3.03. The number of unbranched alkanes of at least 4 members (excludes halogenated alkanes) is 1. The summed E-state index contributed by atoms with van der Waals surface area (Å²) in [5.74, 6) is 0.548. The maximum atomic E-state index is 6.14. The first-order valence-corrected chi connectivity index (χ1v) is 5.52. The minimum atomic E-state index is 0.548. The van der Waals surface area contributed by atoms with E-state index < -0.39 is 0 Å². The molecule has 1 aromatic carbocycles. The summed E-state index contributed by atoms with van der Waals surface area (Å²) in [6.07, 6.45) is 2.21. The van der Waals surface area contributed by atoms with E-state index in [1.165, 1.54) is 0 Å². The largest absolute Gasteiger partial charge is 0.369 e. The van der Waals surface area contributed by atoms with Crippen molar-refractivity contribution in [3.05, 3.63) is 23.2 Å². The molecule has 0 bridgehead atoms. The van der Waals surface area contributed by atoms with Gasteiger partial charge in [-0.25, -0.2) is 4.98 Å². The van der Waals surface area contributed by atoms with Crippen LogP contribution in [0, 0.1) is 0 Å². The van der Waals surface area contributed by atoms with E-state index >= 15 is 0 Å². The normalized spacial score (nSPS) is 11.1. The van der Waals surface area contributed by atoms with Crippen LogP contribution >= 0.6 is 11.6 Å². The SMILES string of the molecule is CCCCn1c(N)nc2cccc(Cl)c21. The lowest BCUT2D eigenvalue weighted by atomic mass is 10.3. The second kappa shape index (κ2) is 4.11. The van der Waals surface area contributed by atoms with Crippen LogP contribution in [-0.4, -0.2) is 9.55 Å². The number of rotatable bonds is 3. The van der Waals surface area contributed by atoms with Crippen molar-refractivity contribution in [2.45, 2.75) is 26.3 Å². The first-order valence-electron chi connectivity index (χ1n) is 5.14. The van der Waals surface area contributed by atoms with Crippen LogP contribution in [0.3, 0.4) is 0 Å². The Hall–Kier alpha value is -1.22. The van der Waals surface area contributed by atoms with Gasteiger partial charge in [-0.3, -0.25) is 0 Å². The van der Waals surface area contributed by atoms with Crippen LogP contribution < -0.4 is 5.73 Å². The Morgan fingerprint density at radius 1 is 1.47 bits per heavy atom. The Balaban J connectivity index is 2.55. The fraction of sp³-hybridized carbons (Fsp3) is 0.364.